The topological polar surface area (TPSA) is 91.0 Å². The van der Waals surface area contributed by atoms with Crippen molar-refractivity contribution in [3.8, 4) is 11.5 Å². The molecule has 0 atom stereocenters. The molecule has 0 aliphatic carbocycles. The van der Waals surface area contributed by atoms with Gasteiger partial charge in [0.15, 0.2) is 11.6 Å². The molecule has 0 fully saturated rings. The van der Waals surface area contributed by atoms with E-state index in [1.54, 1.807) is 38.7 Å². The van der Waals surface area contributed by atoms with Crippen LogP contribution in [0.5, 0.6) is 11.5 Å². The molecule has 0 aliphatic rings. The van der Waals surface area contributed by atoms with Crippen LogP contribution < -0.4 is 15.9 Å². The van der Waals surface area contributed by atoms with Gasteiger partial charge in [-0.15, -0.1) is 0 Å². The van der Waals surface area contributed by atoms with Crippen molar-refractivity contribution in [2.45, 2.75) is 26.7 Å². The molecule has 2 heterocycles. The lowest BCUT2D eigenvalue weighted by atomic mass is 10.1. The smallest absolute Gasteiger partial charge is 0.187 e. The fourth-order valence-electron chi connectivity index (χ4n) is 1.93. The molecule has 7 heteroatoms. The van der Waals surface area contributed by atoms with Gasteiger partial charge >= 0.3 is 0 Å². The number of aryl methyl sites for hydroxylation is 1. The van der Waals surface area contributed by atoms with Crippen LogP contribution in [0.3, 0.4) is 0 Å². The van der Waals surface area contributed by atoms with Crippen LogP contribution in [0.1, 0.15) is 31.2 Å². The van der Waals surface area contributed by atoms with Crippen LogP contribution in [-0.4, -0.2) is 28.3 Å². The van der Waals surface area contributed by atoms with Crippen molar-refractivity contribution in [1.82, 2.24) is 15.0 Å². The van der Waals surface area contributed by atoms with Gasteiger partial charge in [-0.05, 0) is 26.2 Å². The van der Waals surface area contributed by atoms with Gasteiger partial charge in [-0.2, -0.15) is 0 Å². The molecule has 2 aromatic rings. The fourth-order valence-corrected chi connectivity index (χ4v) is 2.69. The molecule has 0 aromatic carbocycles. The van der Waals surface area contributed by atoms with E-state index in [4.69, 9.17) is 10.5 Å². The lowest BCUT2D eigenvalue weighted by molar-refractivity contribution is 0.470. The summed E-state index contributed by atoms with van der Waals surface area (Å²) in [6.45, 7) is 9.19. The number of rotatable bonds is 4. The van der Waals surface area contributed by atoms with E-state index in [0.717, 1.165) is 5.56 Å². The molecule has 0 saturated heterocycles. The molecular formula is C15H21N4O2P. The first-order valence-electron chi connectivity index (χ1n) is 7.01. The molecule has 118 valence electrons. The third kappa shape index (κ3) is 3.63. The second kappa shape index (κ2) is 6.05. The first kappa shape index (κ1) is 16.4. The van der Waals surface area contributed by atoms with E-state index in [9.17, 15) is 4.57 Å². The van der Waals surface area contributed by atoms with E-state index < -0.39 is 7.14 Å². The zero-order valence-electron chi connectivity index (χ0n) is 13.5. The lowest BCUT2D eigenvalue weighted by Crippen LogP contribution is -2.11. The van der Waals surface area contributed by atoms with Gasteiger partial charge in [0.05, 0.1) is 6.20 Å². The highest BCUT2D eigenvalue weighted by molar-refractivity contribution is 7.69. The number of aromatic nitrogens is 3. The molecule has 6 nitrogen and oxygen atoms in total. The summed E-state index contributed by atoms with van der Waals surface area (Å²) >= 11 is 0. The Morgan fingerprint density at radius 2 is 1.86 bits per heavy atom. The molecule has 0 aliphatic heterocycles. The number of pyridine rings is 1. The summed E-state index contributed by atoms with van der Waals surface area (Å²) in [7, 11) is -2.47. The molecule has 0 unspecified atom stereocenters. The van der Waals surface area contributed by atoms with Crippen LogP contribution in [-0.2, 0) is 4.57 Å². The minimum atomic E-state index is -2.47. The largest absolute Gasteiger partial charge is 0.451 e. The number of nitrogens with zero attached hydrogens (tertiary/aromatic N) is 3. The summed E-state index contributed by atoms with van der Waals surface area (Å²) in [4.78, 5) is 12.5. The predicted octanol–water partition coefficient (Wildman–Crippen LogP) is 2.93. The summed E-state index contributed by atoms with van der Waals surface area (Å²) in [6, 6.07) is 1.72. The summed E-state index contributed by atoms with van der Waals surface area (Å²) in [6.07, 6.45) is 3.25. The van der Waals surface area contributed by atoms with Crippen molar-refractivity contribution in [2.75, 3.05) is 19.1 Å². The van der Waals surface area contributed by atoms with Crippen molar-refractivity contribution in [1.29, 1.82) is 0 Å². The van der Waals surface area contributed by atoms with Gasteiger partial charge in [0.2, 0.25) is 0 Å². The Bertz CT molecular complexity index is 740. The van der Waals surface area contributed by atoms with Gasteiger partial charge in [-0.25, -0.2) is 9.97 Å². The summed E-state index contributed by atoms with van der Waals surface area (Å²) in [5.74, 6) is 2.03. The highest BCUT2D eigenvalue weighted by Gasteiger charge is 2.18. The minimum Gasteiger partial charge on any atom is -0.451 e. The Kier molecular flexibility index (Phi) is 4.52. The summed E-state index contributed by atoms with van der Waals surface area (Å²) in [5.41, 5.74) is 7.31. The average molecular weight is 320 g/mol. The minimum absolute atomic E-state index is 0.206. The van der Waals surface area contributed by atoms with E-state index in [2.05, 4.69) is 15.0 Å². The summed E-state index contributed by atoms with van der Waals surface area (Å²) in [5, 5.41) is 0. The van der Waals surface area contributed by atoms with E-state index in [1.165, 1.54) is 0 Å². The van der Waals surface area contributed by atoms with Gasteiger partial charge in [0, 0.05) is 17.8 Å². The number of hydrogen-bond acceptors (Lipinski definition) is 6. The second-order valence-electron chi connectivity index (χ2n) is 5.85. The van der Waals surface area contributed by atoms with Crippen LogP contribution in [0.25, 0.3) is 0 Å². The van der Waals surface area contributed by atoms with E-state index >= 15 is 0 Å². The molecule has 0 radical (unpaired) electrons. The SMILES string of the molecule is Cc1ncc(Oc2cc(P(C)(C)=O)ncc2C(C)C)c(N)n1. The van der Waals surface area contributed by atoms with Gasteiger partial charge in [0.25, 0.3) is 0 Å². The maximum absolute atomic E-state index is 12.2. The quantitative estimate of drug-likeness (QED) is 0.871. The van der Waals surface area contributed by atoms with E-state index in [-0.39, 0.29) is 11.7 Å². The number of anilines is 1. The second-order valence-corrected chi connectivity index (χ2v) is 9.01. The van der Waals surface area contributed by atoms with Gasteiger partial charge in [-0.3, -0.25) is 4.98 Å². The number of nitrogens with two attached hydrogens (primary N) is 1. The van der Waals surface area contributed by atoms with Crippen LogP contribution in [0, 0.1) is 6.92 Å². The number of hydrogen-bond donors (Lipinski definition) is 1. The lowest BCUT2D eigenvalue weighted by Gasteiger charge is -2.16. The summed E-state index contributed by atoms with van der Waals surface area (Å²) < 4.78 is 18.1. The van der Waals surface area contributed by atoms with Crippen molar-refractivity contribution >= 4 is 18.4 Å². The van der Waals surface area contributed by atoms with E-state index in [0.29, 0.717) is 22.8 Å². The Balaban J connectivity index is 2.49. The maximum atomic E-state index is 12.2. The zero-order valence-corrected chi connectivity index (χ0v) is 14.4. The first-order valence-corrected chi connectivity index (χ1v) is 9.61. The first-order chi connectivity index (χ1) is 10.2. The molecule has 0 saturated carbocycles. The molecule has 2 rings (SSSR count). The van der Waals surface area contributed by atoms with Crippen molar-refractivity contribution < 1.29 is 9.30 Å². The molecule has 0 amide bonds. The van der Waals surface area contributed by atoms with Crippen LogP contribution in [0.2, 0.25) is 0 Å². The maximum Gasteiger partial charge on any atom is 0.187 e. The number of nitrogen functional groups attached to an aromatic ring is 1. The van der Waals surface area contributed by atoms with Crippen LogP contribution in [0.4, 0.5) is 5.82 Å². The monoisotopic (exact) mass is 320 g/mol. The standard InChI is InChI=1S/C15H21N4O2P/c1-9(2)11-7-18-14(22(4,5)20)6-12(11)21-13-8-17-10(3)19-15(13)16/h6-9H,1-5H3,(H2,16,17,19). The normalized spacial score (nSPS) is 11.7. The van der Waals surface area contributed by atoms with Crippen molar-refractivity contribution in [2.24, 2.45) is 0 Å². The van der Waals surface area contributed by atoms with Crippen molar-refractivity contribution in [3.63, 3.8) is 0 Å². The predicted molar refractivity (Wildman–Crippen MR) is 88.7 cm³/mol. The van der Waals surface area contributed by atoms with E-state index in [1.807, 2.05) is 13.8 Å². The Morgan fingerprint density at radius 1 is 1.18 bits per heavy atom. The van der Waals surface area contributed by atoms with Crippen LogP contribution in [0.15, 0.2) is 18.5 Å². The Hall–Kier alpha value is -1.94. The van der Waals surface area contributed by atoms with Crippen molar-refractivity contribution in [3.05, 3.63) is 29.8 Å². The molecular weight excluding hydrogens is 299 g/mol. The average Bonchev–Trinajstić information content (AvgIpc) is 2.40. The Morgan fingerprint density at radius 3 is 2.41 bits per heavy atom. The fraction of sp³-hybridized carbons (Fsp3) is 0.400. The molecule has 2 N–H and O–H groups in total. The zero-order chi connectivity index (χ0) is 16.5. The van der Waals surface area contributed by atoms with Gasteiger partial charge in [0.1, 0.15) is 24.2 Å². The molecule has 0 spiro atoms. The van der Waals surface area contributed by atoms with Gasteiger partial charge in [-0.1, -0.05) is 13.8 Å². The molecule has 0 bridgehead atoms. The third-order valence-corrected chi connectivity index (χ3v) is 4.53. The molecule has 22 heavy (non-hydrogen) atoms. The Labute approximate surface area is 130 Å². The van der Waals surface area contributed by atoms with Crippen LogP contribution >= 0.6 is 7.14 Å². The van der Waals surface area contributed by atoms with Gasteiger partial charge < -0.3 is 15.0 Å². The highest BCUT2D eigenvalue weighted by atomic mass is 31.2. The third-order valence-electron chi connectivity index (χ3n) is 3.18. The number of ether oxygens (including phenoxy) is 1. The molecule has 2 aromatic heterocycles. The highest BCUT2D eigenvalue weighted by Crippen LogP contribution is 2.38.